The molecule has 3 nitrogen and oxygen atoms in total. The summed E-state index contributed by atoms with van der Waals surface area (Å²) < 4.78 is 5.26. The summed E-state index contributed by atoms with van der Waals surface area (Å²) in [6, 6.07) is 0. The molecular formula is C11H13NO2. The van der Waals surface area contributed by atoms with Crippen molar-refractivity contribution in [1.82, 2.24) is 5.32 Å². The Morgan fingerprint density at radius 1 is 1.50 bits per heavy atom. The second-order valence-electron chi connectivity index (χ2n) is 3.72. The molecule has 0 saturated heterocycles. The molecule has 1 heterocycles. The molecule has 0 aromatic rings. The molecule has 1 unspecified atom stereocenters. The SMILES string of the molecule is CC12C=C(C/C=C\C=C/1)CNC(=O)O2. The van der Waals surface area contributed by atoms with Gasteiger partial charge >= 0.3 is 6.09 Å². The third-order valence-corrected chi connectivity index (χ3v) is 2.32. The lowest BCUT2D eigenvalue weighted by Crippen LogP contribution is -2.31. The normalized spacial score (nSPS) is 35.2. The highest BCUT2D eigenvalue weighted by atomic mass is 16.6. The van der Waals surface area contributed by atoms with Gasteiger partial charge in [-0.05, 0) is 31.1 Å². The summed E-state index contributed by atoms with van der Waals surface area (Å²) in [6.07, 6.45) is 10.3. The van der Waals surface area contributed by atoms with E-state index in [9.17, 15) is 4.79 Å². The Labute approximate surface area is 83.1 Å². The molecule has 1 aliphatic heterocycles. The molecule has 1 aliphatic carbocycles. The molecule has 0 aromatic carbocycles. The summed E-state index contributed by atoms with van der Waals surface area (Å²) in [5, 5.41) is 2.70. The third kappa shape index (κ3) is 1.87. The van der Waals surface area contributed by atoms with Crippen LogP contribution < -0.4 is 5.32 Å². The van der Waals surface area contributed by atoms with Gasteiger partial charge in [-0.1, -0.05) is 18.2 Å². The highest BCUT2D eigenvalue weighted by Crippen LogP contribution is 2.22. The molecule has 14 heavy (non-hydrogen) atoms. The van der Waals surface area contributed by atoms with Crippen LogP contribution in [0.4, 0.5) is 4.79 Å². The van der Waals surface area contributed by atoms with Crippen molar-refractivity contribution in [2.24, 2.45) is 0 Å². The van der Waals surface area contributed by atoms with Crippen molar-refractivity contribution >= 4 is 6.09 Å². The van der Waals surface area contributed by atoms with E-state index in [1.54, 1.807) is 0 Å². The van der Waals surface area contributed by atoms with Crippen molar-refractivity contribution in [1.29, 1.82) is 0 Å². The summed E-state index contributed by atoms with van der Waals surface area (Å²) in [4.78, 5) is 11.2. The maximum atomic E-state index is 11.2. The Morgan fingerprint density at radius 2 is 2.36 bits per heavy atom. The zero-order chi connectivity index (χ0) is 10.0. The Bertz CT molecular complexity index is 341. The molecule has 1 amide bonds. The fourth-order valence-electron chi connectivity index (χ4n) is 1.67. The van der Waals surface area contributed by atoms with E-state index >= 15 is 0 Å². The number of alkyl carbamates (subject to hydrolysis) is 1. The predicted molar refractivity (Wildman–Crippen MR) is 53.9 cm³/mol. The lowest BCUT2D eigenvalue weighted by atomic mass is 9.98. The minimum atomic E-state index is -0.597. The minimum absolute atomic E-state index is 0.356. The van der Waals surface area contributed by atoms with Crippen LogP contribution in [0.3, 0.4) is 0 Å². The first-order chi connectivity index (χ1) is 6.68. The van der Waals surface area contributed by atoms with Crippen LogP contribution in [0.2, 0.25) is 0 Å². The van der Waals surface area contributed by atoms with Crippen LogP contribution in [-0.4, -0.2) is 18.2 Å². The van der Waals surface area contributed by atoms with E-state index in [1.165, 1.54) is 5.57 Å². The van der Waals surface area contributed by atoms with Crippen LogP contribution >= 0.6 is 0 Å². The number of ether oxygens (including phenoxy) is 1. The van der Waals surface area contributed by atoms with Crippen molar-refractivity contribution in [2.75, 3.05) is 6.54 Å². The molecule has 1 atom stereocenters. The van der Waals surface area contributed by atoms with Gasteiger partial charge in [0.2, 0.25) is 0 Å². The van der Waals surface area contributed by atoms with Crippen molar-refractivity contribution in [2.45, 2.75) is 18.9 Å². The van der Waals surface area contributed by atoms with Gasteiger partial charge in [-0.25, -0.2) is 4.79 Å². The highest BCUT2D eigenvalue weighted by Gasteiger charge is 2.26. The summed E-state index contributed by atoms with van der Waals surface area (Å²) in [5.74, 6) is 0. The first-order valence-electron chi connectivity index (χ1n) is 4.70. The molecule has 2 bridgehead atoms. The topological polar surface area (TPSA) is 38.3 Å². The van der Waals surface area contributed by atoms with Crippen LogP contribution in [0.5, 0.6) is 0 Å². The second-order valence-corrected chi connectivity index (χ2v) is 3.72. The first kappa shape index (κ1) is 9.06. The monoisotopic (exact) mass is 191 g/mol. The van der Waals surface area contributed by atoms with Crippen LogP contribution in [0.1, 0.15) is 13.3 Å². The molecular weight excluding hydrogens is 178 g/mol. The lowest BCUT2D eigenvalue weighted by Gasteiger charge is -2.21. The highest BCUT2D eigenvalue weighted by molar-refractivity contribution is 5.69. The Morgan fingerprint density at radius 3 is 3.21 bits per heavy atom. The van der Waals surface area contributed by atoms with Crippen molar-refractivity contribution in [3.8, 4) is 0 Å². The van der Waals surface area contributed by atoms with E-state index in [0.717, 1.165) is 6.42 Å². The molecule has 74 valence electrons. The molecule has 0 aromatic heterocycles. The van der Waals surface area contributed by atoms with Gasteiger partial charge in [0.25, 0.3) is 0 Å². The van der Waals surface area contributed by atoms with E-state index in [0.29, 0.717) is 6.54 Å². The molecule has 2 aliphatic rings. The Kier molecular flexibility index (Phi) is 2.15. The molecule has 0 spiro atoms. The fraction of sp³-hybridized carbons (Fsp3) is 0.364. The van der Waals surface area contributed by atoms with Crippen molar-refractivity contribution < 1.29 is 9.53 Å². The maximum Gasteiger partial charge on any atom is 0.408 e. The number of hydrogen-bond donors (Lipinski definition) is 1. The van der Waals surface area contributed by atoms with Gasteiger partial charge in [0.05, 0.1) is 0 Å². The van der Waals surface area contributed by atoms with Gasteiger partial charge in [-0.3, -0.25) is 0 Å². The molecule has 1 N–H and O–H groups in total. The van der Waals surface area contributed by atoms with Gasteiger partial charge in [-0.15, -0.1) is 0 Å². The molecule has 0 saturated carbocycles. The number of amides is 1. The lowest BCUT2D eigenvalue weighted by molar-refractivity contribution is 0.0930. The van der Waals surface area contributed by atoms with E-state index in [1.807, 2.05) is 31.2 Å². The van der Waals surface area contributed by atoms with Gasteiger partial charge in [-0.2, -0.15) is 0 Å². The number of nitrogens with one attached hydrogen (secondary N) is 1. The van der Waals surface area contributed by atoms with Crippen LogP contribution in [0, 0.1) is 0 Å². The average molecular weight is 191 g/mol. The van der Waals surface area contributed by atoms with Crippen molar-refractivity contribution in [3.05, 3.63) is 36.0 Å². The van der Waals surface area contributed by atoms with Gasteiger partial charge < -0.3 is 10.1 Å². The molecule has 0 radical (unpaired) electrons. The minimum Gasteiger partial charge on any atom is -0.435 e. The number of carbonyl (C=O) groups is 1. The average Bonchev–Trinajstić information content (AvgIpc) is 2.23. The van der Waals surface area contributed by atoms with Crippen LogP contribution in [-0.2, 0) is 4.74 Å². The van der Waals surface area contributed by atoms with Gasteiger partial charge in [0, 0.05) is 6.54 Å². The van der Waals surface area contributed by atoms with Crippen LogP contribution in [0.25, 0.3) is 0 Å². The zero-order valence-electron chi connectivity index (χ0n) is 8.12. The number of allylic oxidation sites excluding steroid dienone is 3. The smallest absolute Gasteiger partial charge is 0.408 e. The number of rotatable bonds is 0. The van der Waals surface area contributed by atoms with Gasteiger partial charge in [0.1, 0.15) is 5.60 Å². The van der Waals surface area contributed by atoms with Gasteiger partial charge in [0.15, 0.2) is 0 Å². The summed E-state index contributed by atoms with van der Waals surface area (Å²) in [7, 11) is 0. The standard InChI is InChI=1S/C11H13NO2/c1-11-6-4-2-3-5-9(7-11)8-12-10(13)14-11/h2-4,6-7H,5,8H2,1H3,(H,12,13)/b3-2-,6-4-. The van der Waals surface area contributed by atoms with Crippen molar-refractivity contribution in [3.63, 3.8) is 0 Å². The van der Waals surface area contributed by atoms with E-state index < -0.39 is 5.60 Å². The number of carbonyl (C=O) groups excluding carboxylic acids is 1. The fourth-order valence-corrected chi connectivity index (χ4v) is 1.67. The number of fused-ring (bicyclic) bond motifs is 1. The summed E-state index contributed by atoms with van der Waals surface area (Å²) in [5.41, 5.74) is 0.583. The third-order valence-electron chi connectivity index (χ3n) is 2.32. The molecule has 0 fully saturated rings. The second kappa shape index (κ2) is 3.33. The quantitative estimate of drug-likeness (QED) is 0.594. The molecule has 3 heteroatoms. The Balaban J connectivity index is 2.36. The van der Waals surface area contributed by atoms with E-state index in [4.69, 9.17) is 4.74 Å². The summed E-state index contributed by atoms with van der Waals surface area (Å²) in [6.45, 7) is 2.46. The van der Waals surface area contributed by atoms with Crippen LogP contribution in [0.15, 0.2) is 36.0 Å². The van der Waals surface area contributed by atoms with E-state index in [2.05, 4.69) is 11.4 Å². The number of hydrogen-bond acceptors (Lipinski definition) is 2. The summed E-state index contributed by atoms with van der Waals surface area (Å²) >= 11 is 0. The first-order valence-corrected chi connectivity index (χ1v) is 4.70. The Hall–Kier alpha value is -1.51. The van der Waals surface area contributed by atoms with E-state index in [-0.39, 0.29) is 6.09 Å². The maximum absolute atomic E-state index is 11.2. The zero-order valence-corrected chi connectivity index (χ0v) is 8.12. The largest absolute Gasteiger partial charge is 0.435 e. The predicted octanol–water partition coefficient (Wildman–Crippen LogP) is 1.93. The molecule has 2 rings (SSSR count).